The molecule has 1 aromatic heterocycles. The van der Waals surface area contributed by atoms with Gasteiger partial charge in [-0.3, -0.25) is 9.69 Å². The van der Waals surface area contributed by atoms with Crippen LogP contribution in [0.5, 0.6) is 11.5 Å². The van der Waals surface area contributed by atoms with Crippen LogP contribution in [0.2, 0.25) is 0 Å². The second-order valence-corrected chi connectivity index (χ2v) is 14.1. The van der Waals surface area contributed by atoms with Crippen LogP contribution in [0.15, 0.2) is 48.5 Å². The lowest BCUT2D eigenvalue weighted by Gasteiger charge is -2.33. The molecule has 0 bridgehead atoms. The molecule has 2 aliphatic rings. The fourth-order valence-corrected chi connectivity index (χ4v) is 6.54. The predicted molar refractivity (Wildman–Crippen MR) is 167 cm³/mol. The van der Waals surface area contributed by atoms with Crippen molar-refractivity contribution in [1.29, 1.82) is 0 Å². The maximum absolute atomic E-state index is 13.6. The predicted octanol–water partition coefficient (Wildman–Crippen LogP) is 4.02. The molecule has 2 atom stereocenters. The smallest absolute Gasteiger partial charge is 0.270 e. The minimum absolute atomic E-state index is 0.0699. The Morgan fingerprint density at radius 1 is 1.16 bits per heavy atom. The Kier molecular flexibility index (Phi) is 9.30. The van der Waals surface area contributed by atoms with Crippen molar-refractivity contribution in [2.45, 2.75) is 51.1 Å². The average Bonchev–Trinajstić information content (AvgIpc) is 3.59. The lowest BCUT2D eigenvalue weighted by Crippen LogP contribution is -2.42. The summed E-state index contributed by atoms with van der Waals surface area (Å²) in [5.74, 6) is 7.35. The largest absolute Gasteiger partial charge is 0.597 e. The number of hydrogen-bond acceptors (Lipinski definition) is 8. The van der Waals surface area contributed by atoms with Crippen molar-refractivity contribution in [3.63, 3.8) is 0 Å². The van der Waals surface area contributed by atoms with Gasteiger partial charge in [-0.15, -0.1) is 4.31 Å². The molecule has 9 nitrogen and oxygen atoms in total. The Balaban J connectivity index is 1.49. The lowest BCUT2D eigenvalue weighted by atomic mass is 9.95. The first-order valence-electron chi connectivity index (χ1n) is 14.3. The second kappa shape index (κ2) is 13.0. The molecule has 0 spiro atoms. The van der Waals surface area contributed by atoms with Crippen molar-refractivity contribution in [1.82, 2.24) is 19.5 Å². The zero-order valence-electron chi connectivity index (χ0n) is 25.3. The minimum atomic E-state index is -1.34. The van der Waals surface area contributed by atoms with Crippen LogP contribution < -0.4 is 14.8 Å². The van der Waals surface area contributed by atoms with Crippen LogP contribution in [0.4, 0.5) is 0 Å². The van der Waals surface area contributed by atoms with Crippen molar-refractivity contribution in [3.05, 3.63) is 76.5 Å². The Bertz CT molecular complexity index is 1540. The van der Waals surface area contributed by atoms with Gasteiger partial charge in [-0.1, -0.05) is 30.0 Å². The minimum Gasteiger partial charge on any atom is -0.597 e. The molecule has 0 radical (unpaired) electrons. The first-order chi connectivity index (χ1) is 20.5. The van der Waals surface area contributed by atoms with Crippen molar-refractivity contribution in [3.8, 4) is 34.6 Å². The molecule has 0 saturated heterocycles. The van der Waals surface area contributed by atoms with E-state index in [9.17, 15) is 14.5 Å². The van der Waals surface area contributed by atoms with E-state index >= 15 is 0 Å². The van der Waals surface area contributed by atoms with Gasteiger partial charge in [0, 0.05) is 41.2 Å². The van der Waals surface area contributed by atoms with Gasteiger partial charge < -0.3 is 24.4 Å². The van der Waals surface area contributed by atoms with Crippen LogP contribution in [0.25, 0.3) is 11.3 Å². The number of nitrogens with zero attached hydrogens (tertiary/aromatic N) is 3. The van der Waals surface area contributed by atoms with Crippen LogP contribution in [0.3, 0.4) is 0 Å². The summed E-state index contributed by atoms with van der Waals surface area (Å²) in [7, 11) is 3.95. The van der Waals surface area contributed by atoms with Crippen LogP contribution in [-0.4, -0.2) is 68.5 Å². The van der Waals surface area contributed by atoms with Crippen molar-refractivity contribution in [2.24, 2.45) is 0 Å². The van der Waals surface area contributed by atoms with E-state index in [0.717, 1.165) is 27.8 Å². The molecule has 1 unspecified atom stereocenters. The van der Waals surface area contributed by atoms with Crippen molar-refractivity contribution >= 4 is 17.3 Å². The average molecular weight is 603 g/mol. The molecule has 0 saturated carbocycles. The standard InChI is InChI=1S/C33H38N4O5S/c1-33(2,3)43(40)37-20-25-18-26(32(39)34-19-23-10-13-28-29(17-23)42-21-41-28)35-31(30(25)27(37)14-16-38)24-11-8-22(9-12-24)7-6-15-36(4)5/h8-13,17-18,27,38H,14-16,19-21H2,1-5H3,(H,34,39)/t27-,43?/m1/s1. The van der Waals surface area contributed by atoms with E-state index < -0.39 is 16.1 Å². The summed E-state index contributed by atoms with van der Waals surface area (Å²) in [6.45, 7) is 7.26. The number of fused-ring (bicyclic) bond motifs is 2. The zero-order valence-corrected chi connectivity index (χ0v) is 26.1. The highest BCUT2D eigenvalue weighted by Gasteiger charge is 2.44. The molecule has 10 heteroatoms. The first-order valence-corrected chi connectivity index (χ1v) is 15.4. The second-order valence-electron chi connectivity index (χ2n) is 11.9. The van der Waals surface area contributed by atoms with Gasteiger partial charge in [0.25, 0.3) is 5.91 Å². The monoisotopic (exact) mass is 602 g/mol. The highest BCUT2D eigenvalue weighted by molar-refractivity contribution is 7.90. The Hall–Kier alpha value is -3.59. The molecule has 0 fully saturated rings. The molecule has 3 aromatic rings. The number of nitrogens with one attached hydrogen (secondary N) is 1. The number of carbonyl (C=O) groups is 1. The maximum atomic E-state index is 13.6. The number of benzene rings is 2. The molecular formula is C33H38N4O5S. The van der Waals surface area contributed by atoms with E-state index in [1.54, 1.807) is 6.07 Å². The Morgan fingerprint density at radius 3 is 2.60 bits per heavy atom. The summed E-state index contributed by atoms with van der Waals surface area (Å²) in [5.41, 5.74) is 5.27. The van der Waals surface area contributed by atoms with E-state index in [-0.39, 0.29) is 37.6 Å². The maximum Gasteiger partial charge on any atom is 0.270 e. The first kappa shape index (κ1) is 30.9. The molecule has 0 aliphatic carbocycles. The van der Waals surface area contributed by atoms with Crippen LogP contribution in [-0.2, 0) is 24.5 Å². The number of rotatable bonds is 8. The van der Waals surface area contributed by atoms with Gasteiger partial charge in [0.15, 0.2) is 11.5 Å². The molecule has 2 N–H and O–H groups in total. The van der Waals surface area contributed by atoms with Gasteiger partial charge in [-0.05, 0) is 82.7 Å². The fraction of sp³-hybridized carbons (Fsp3) is 0.394. The number of ether oxygens (including phenoxy) is 2. The molecule has 2 aromatic carbocycles. The fourth-order valence-electron chi connectivity index (χ4n) is 5.14. The number of amides is 1. The van der Waals surface area contributed by atoms with E-state index in [4.69, 9.17) is 14.5 Å². The van der Waals surface area contributed by atoms with E-state index in [0.29, 0.717) is 36.7 Å². The number of carbonyl (C=O) groups excluding carboxylic acids is 1. The summed E-state index contributed by atoms with van der Waals surface area (Å²) in [4.78, 5) is 20.4. The SMILES string of the molecule is CN(C)CC#Cc1ccc(-c2nc(C(=O)NCc3ccc4c(c3)OCO4)cc3c2[C@@H](CCO)N([S+]([O-])C(C)(C)C)C3)cc1. The highest BCUT2D eigenvalue weighted by Crippen LogP contribution is 2.45. The third-order valence-electron chi connectivity index (χ3n) is 7.20. The van der Waals surface area contributed by atoms with Crippen molar-refractivity contribution < 1.29 is 23.9 Å². The number of aromatic nitrogens is 1. The zero-order chi connectivity index (χ0) is 30.7. The summed E-state index contributed by atoms with van der Waals surface area (Å²) >= 11 is -1.34. The van der Waals surface area contributed by atoms with Crippen LogP contribution in [0, 0.1) is 11.8 Å². The molecule has 5 rings (SSSR count). The van der Waals surface area contributed by atoms with Crippen molar-refractivity contribution in [2.75, 3.05) is 34.0 Å². The normalized spacial score (nSPS) is 16.5. The number of pyridine rings is 1. The summed E-state index contributed by atoms with van der Waals surface area (Å²) in [5, 5.41) is 13.0. The third-order valence-corrected chi connectivity index (χ3v) is 9.06. The molecule has 2 aliphatic heterocycles. The number of aliphatic hydroxyl groups is 1. The number of hydrogen-bond donors (Lipinski definition) is 2. The molecule has 1 amide bonds. The van der Waals surface area contributed by atoms with Gasteiger partial charge in [0.05, 0.1) is 24.8 Å². The van der Waals surface area contributed by atoms with E-state index in [1.807, 2.05) is 86.5 Å². The van der Waals surface area contributed by atoms with Gasteiger partial charge in [-0.2, -0.15) is 0 Å². The van der Waals surface area contributed by atoms with Crippen LogP contribution >= 0.6 is 0 Å². The molecule has 226 valence electrons. The van der Waals surface area contributed by atoms with Gasteiger partial charge in [0.2, 0.25) is 6.79 Å². The summed E-state index contributed by atoms with van der Waals surface area (Å²) in [6.07, 6.45) is 0.396. The molecule has 43 heavy (non-hydrogen) atoms. The Morgan fingerprint density at radius 2 is 1.91 bits per heavy atom. The van der Waals surface area contributed by atoms with Gasteiger partial charge in [0.1, 0.15) is 10.4 Å². The van der Waals surface area contributed by atoms with Gasteiger partial charge >= 0.3 is 0 Å². The molecule has 3 heterocycles. The summed E-state index contributed by atoms with van der Waals surface area (Å²) < 4.78 is 25.9. The van der Waals surface area contributed by atoms with Gasteiger partial charge in [-0.25, -0.2) is 4.98 Å². The highest BCUT2D eigenvalue weighted by atomic mass is 32.2. The van der Waals surface area contributed by atoms with E-state index in [2.05, 4.69) is 17.2 Å². The lowest BCUT2D eigenvalue weighted by molar-refractivity contribution is 0.0945. The quantitative estimate of drug-likeness (QED) is 0.294. The van der Waals surface area contributed by atoms with E-state index in [1.165, 1.54) is 0 Å². The molecular weight excluding hydrogens is 564 g/mol. The van der Waals surface area contributed by atoms with Crippen LogP contribution in [0.1, 0.15) is 66.0 Å². The topological polar surface area (TPSA) is 110 Å². The Labute approximate surface area is 256 Å². The summed E-state index contributed by atoms with van der Waals surface area (Å²) in [6, 6.07) is 14.8. The number of aliphatic hydroxyl groups excluding tert-OH is 1. The third kappa shape index (κ3) is 6.98.